The summed E-state index contributed by atoms with van der Waals surface area (Å²) in [6, 6.07) is 1.66. The van der Waals surface area contributed by atoms with Crippen molar-refractivity contribution in [2.75, 3.05) is 21.3 Å². The molecule has 0 saturated carbocycles. The molecule has 7 nitrogen and oxygen atoms in total. The number of hydrogen-bond acceptors (Lipinski definition) is 7. The van der Waals surface area contributed by atoms with Crippen LogP contribution < -0.4 is 19.9 Å². The van der Waals surface area contributed by atoms with Crippen molar-refractivity contribution in [3.05, 3.63) is 17.0 Å². The Balaban J connectivity index is 2.65. The first-order chi connectivity index (χ1) is 9.65. The number of aromatic nitrogens is 2. The van der Waals surface area contributed by atoms with Crippen LogP contribution in [0.1, 0.15) is 5.89 Å². The summed E-state index contributed by atoms with van der Waals surface area (Å²) in [5.74, 6) is 1.80. The standard InChI is InChI=1S/C12H14ClN3O4/c1-17-7-4-6(12-15-8(5-14)20-16-12)10(18-2)9(13)11(7)19-3/h4H,5,14H2,1-3H3. The molecule has 2 N–H and O–H groups in total. The number of methoxy groups -OCH3 is 3. The zero-order valence-electron chi connectivity index (χ0n) is 11.3. The molecule has 0 bridgehead atoms. The van der Waals surface area contributed by atoms with Crippen LogP contribution in [0.5, 0.6) is 17.2 Å². The molecule has 1 aromatic heterocycles. The predicted octanol–water partition coefficient (Wildman–Crippen LogP) is 1.87. The molecule has 0 fully saturated rings. The van der Waals surface area contributed by atoms with Gasteiger partial charge in [-0.15, -0.1) is 0 Å². The van der Waals surface area contributed by atoms with Crippen molar-refractivity contribution in [1.82, 2.24) is 10.1 Å². The van der Waals surface area contributed by atoms with Crippen LogP contribution in [0.25, 0.3) is 11.4 Å². The van der Waals surface area contributed by atoms with Gasteiger partial charge in [-0.3, -0.25) is 0 Å². The van der Waals surface area contributed by atoms with Crippen LogP contribution in [-0.2, 0) is 6.54 Å². The summed E-state index contributed by atoms with van der Waals surface area (Å²) >= 11 is 6.25. The first-order valence-electron chi connectivity index (χ1n) is 5.67. The third-order valence-electron chi connectivity index (χ3n) is 2.65. The van der Waals surface area contributed by atoms with Crippen molar-refractivity contribution in [3.63, 3.8) is 0 Å². The molecule has 1 heterocycles. The van der Waals surface area contributed by atoms with Crippen molar-refractivity contribution in [3.8, 4) is 28.6 Å². The SMILES string of the molecule is COc1cc(-c2noc(CN)n2)c(OC)c(Cl)c1OC. The maximum atomic E-state index is 6.25. The van der Waals surface area contributed by atoms with Gasteiger partial charge in [0.2, 0.25) is 11.7 Å². The summed E-state index contributed by atoms with van der Waals surface area (Å²) in [6.45, 7) is 0.149. The molecule has 0 aliphatic rings. The molecule has 0 amide bonds. The second-order valence-corrected chi connectivity index (χ2v) is 4.10. The lowest BCUT2D eigenvalue weighted by molar-refractivity contribution is 0.349. The van der Waals surface area contributed by atoms with Crippen molar-refractivity contribution in [2.24, 2.45) is 5.73 Å². The molecule has 2 aromatic rings. The highest BCUT2D eigenvalue weighted by atomic mass is 35.5. The highest BCUT2D eigenvalue weighted by Gasteiger charge is 2.22. The molecule has 0 atom stereocenters. The normalized spacial score (nSPS) is 10.4. The second-order valence-electron chi connectivity index (χ2n) is 3.72. The Kier molecular flexibility index (Phi) is 4.31. The lowest BCUT2D eigenvalue weighted by atomic mass is 10.1. The number of rotatable bonds is 5. The lowest BCUT2D eigenvalue weighted by Gasteiger charge is -2.14. The zero-order valence-corrected chi connectivity index (χ0v) is 12.0. The summed E-state index contributed by atoms with van der Waals surface area (Å²) in [5.41, 5.74) is 5.97. The maximum Gasteiger partial charge on any atom is 0.240 e. The molecule has 0 aliphatic carbocycles. The van der Waals surface area contributed by atoms with E-state index in [2.05, 4.69) is 10.1 Å². The van der Waals surface area contributed by atoms with Gasteiger partial charge >= 0.3 is 0 Å². The molecule has 0 aliphatic heterocycles. The van der Waals surface area contributed by atoms with Crippen LogP contribution in [0.15, 0.2) is 10.6 Å². The molecule has 20 heavy (non-hydrogen) atoms. The molecule has 108 valence electrons. The summed E-state index contributed by atoms with van der Waals surface area (Å²) in [5, 5.41) is 4.10. The summed E-state index contributed by atoms with van der Waals surface area (Å²) in [4.78, 5) is 4.14. The Labute approximate surface area is 120 Å². The van der Waals surface area contributed by atoms with Crippen molar-refractivity contribution >= 4 is 11.6 Å². The van der Waals surface area contributed by atoms with Gasteiger partial charge in [0.25, 0.3) is 0 Å². The third kappa shape index (κ3) is 2.37. The maximum absolute atomic E-state index is 6.25. The average molecular weight is 300 g/mol. The van der Waals surface area contributed by atoms with E-state index in [0.29, 0.717) is 34.5 Å². The summed E-state index contributed by atoms with van der Waals surface area (Å²) < 4.78 is 20.7. The minimum atomic E-state index is 0.149. The molecule has 1 aromatic carbocycles. The minimum Gasteiger partial charge on any atom is -0.494 e. The van der Waals surface area contributed by atoms with E-state index in [1.165, 1.54) is 21.3 Å². The number of benzene rings is 1. The van der Waals surface area contributed by atoms with E-state index >= 15 is 0 Å². The Morgan fingerprint density at radius 1 is 1.20 bits per heavy atom. The van der Waals surface area contributed by atoms with E-state index < -0.39 is 0 Å². The lowest BCUT2D eigenvalue weighted by Crippen LogP contribution is -1.98. The van der Waals surface area contributed by atoms with Gasteiger partial charge in [-0.2, -0.15) is 4.98 Å². The van der Waals surface area contributed by atoms with Crippen LogP contribution in [0.2, 0.25) is 5.02 Å². The largest absolute Gasteiger partial charge is 0.494 e. The second kappa shape index (κ2) is 5.98. The molecule has 8 heteroatoms. The van der Waals surface area contributed by atoms with Gasteiger partial charge in [0.15, 0.2) is 17.2 Å². The molecule has 0 unspecified atom stereocenters. The average Bonchev–Trinajstić information content (AvgIpc) is 2.94. The monoisotopic (exact) mass is 299 g/mol. The fourth-order valence-electron chi connectivity index (χ4n) is 1.75. The van der Waals surface area contributed by atoms with Gasteiger partial charge in [-0.25, -0.2) is 0 Å². The quantitative estimate of drug-likeness (QED) is 0.901. The number of nitrogens with zero attached hydrogens (tertiary/aromatic N) is 2. The minimum absolute atomic E-state index is 0.149. The summed E-state index contributed by atoms with van der Waals surface area (Å²) in [7, 11) is 4.48. The Bertz CT molecular complexity index is 615. The number of halogens is 1. The molecule has 2 rings (SSSR count). The van der Waals surface area contributed by atoms with Crippen molar-refractivity contribution in [2.45, 2.75) is 6.54 Å². The summed E-state index contributed by atoms with van der Waals surface area (Å²) in [6.07, 6.45) is 0. The highest BCUT2D eigenvalue weighted by molar-refractivity contribution is 6.34. The first kappa shape index (κ1) is 14.4. The van der Waals surface area contributed by atoms with Crippen LogP contribution in [0, 0.1) is 0 Å². The molecular weight excluding hydrogens is 286 g/mol. The smallest absolute Gasteiger partial charge is 0.240 e. The van der Waals surface area contributed by atoms with E-state index in [1.807, 2.05) is 0 Å². The van der Waals surface area contributed by atoms with Crippen molar-refractivity contribution in [1.29, 1.82) is 0 Å². The van der Waals surface area contributed by atoms with E-state index in [0.717, 1.165) is 0 Å². The van der Waals surface area contributed by atoms with Crippen LogP contribution in [0.4, 0.5) is 0 Å². The molecule has 0 radical (unpaired) electrons. The zero-order chi connectivity index (χ0) is 14.7. The van der Waals surface area contributed by atoms with Gasteiger partial charge in [0, 0.05) is 0 Å². The van der Waals surface area contributed by atoms with E-state index in [-0.39, 0.29) is 11.6 Å². The van der Waals surface area contributed by atoms with Gasteiger partial charge in [-0.1, -0.05) is 16.8 Å². The molecule has 0 saturated heterocycles. The first-order valence-corrected chi connectivity index (χ1v) is 6.05. The van der Waals surface area contributed by atoms with Gasteiger partial charge in [-0.05, 0) is 6.07 Å². The Morgan fingerprint density at radius 3 is 2.40 bits per heavy atom. The number of hydrogen-bond donors (Lipinski definition) is 1. The van der Waals surface area contributed by atoms with Crippen LogP contribution >= 0.6 is 11.6 Å². The third-order valence-corrected chi connectivity index (χ3v) is 3.00. The van der Waals surface area contributed by atoms with Crippen LogP contribution in [0.3, 0.4) is 0 Å². The van der Waals surface area contributed by atoms with E-state index in [1.54, 1.807) is 6.07 Å². The van der Waals surface area contributed by atoms with Gasteiger partial charge in [0.1, 0.15) is 5.02 Å². The highest BCUT2D eigenvalue weighted by Crippen LogP contribution is 2.46. The predicted molar refractivity (Wildman–Crippen MR) is 72.3 cm³/mol. The van der Waals surface area contributed by atoms with Crippen LogP contribution in [-0.4, -0.2) is 31.5 Å². The fourth-order valence-corrected chi connectivity index (χ4v) is 2.10. The number of ether oxygens (including phenoxy) is 3. The Morgan fingerprint density at radius 2 is 1.90 bits per heavy atom. The van der Waals surface area contributed by atoms with Crippen molar-refractivity contribution < 1.29 is 18.7 Å². The van der Waals surface area contributed by atoms with E-state index in [9.17, 15) is 0 Å². The van der Waals surface area contributed by atoms with Gasteiger partial charge in [0.05, 0.1) is 33.4 Å². The fraction of sp³-hybridized carbons (Fsp3) is 0.333. The molecule has 0 spiro atoms. The molecular formula is C12H14ClN3O4. The van der Waals surface area contributed by atoms with Gasteiger partial charge < -0.3 is 24.5 Å². The topological polar surface area (TPSA) is 92.6 Å². The Hall–Kier alpha value is -1.99. The van der Waals surface area contributed by atoms with E-state index in [4.69, 9.17) is 36.1 Å². The number of nitrogens with two attached hydrogens (primary N) is 1.